The molecule has 0 heterocycles. The molecule has 0 spiro atoms. The third kappa shape index (κ3) is 3.23. The van der Waals surface area contributed by atoms with Gasteiger partial charge in [-0.2, -0.15) is 0 Å². The Morgan fingerprint density at radius 3 is 2.19 bits per heavy atom. The van der Waals surface area contributed by atoms with Crippen molar-refractivity contribution >= 4 is 55.3 Å². The second-order valence-electron chi connectivity index (χ2n) is 4.77. The molecule has 0 aliphatic rings. The van der Waals surface area contributed by atoms with E-state index >= 15 is 0 Å². The van der Waals surface area contributed by atoms with Gasteiger partial charge < -0.3 is 11.1 Å². The van der Waals surface area contributed by atoms with Crippen LogP contribution in [0.2, 0.25) is 0 Å². The van der Waals surface area contributed by atoms with Crippen molar-refractivity contribution in [3.63, 3.8) is 0 Å². The van der Waals surface area contributed by atoms with Crippen LogP contribution in [0, 0.1) is 0 Å². The molecule has 0 bridgehead atoms. The molecule has 4 heteroatoms. The third-order valence-electron chi connectivity index (χ3n) is 3.26. The lowest BCUT2D eigenvalue weighted by atomic mass is 10.1. The van der Waals surface area contributed by atoms with Gasteiger partial charge in [-0.3, -0.25) is 0 Å². The predicted octanol–water partition coefficient (Wildman–Crippen LogP) is 4.98. The maximum Gasteiger partial charge on any atom is 0.103 e. The van der Waals surface area contributed by atoms with Gasteiger partial charge in [0.1, 0.15) is 4.99 Å². The smallest absolute Gasteiger partial charge is 0.103 e. The van der Waals surface area contributed by atoms with E-state index in [1.165, 1.54) is 10.8 Å². The first-order chi connectivity index (χ1) is 10.1. The molecule has 3 rings (SSSR count). The van der Waals surface area contributed by atoms with Crippen LogP contribution in [0.25, 0.3) is 10.8 Å². The van der Waals surface area contributed by atoms with Gasteiger partial charge in [0.2, 0.25) is 0 Å². The molecule has 3 aromatic carbocycles. The second-order valence-corrected chi connectivity index (χ2v) is 6.13. The van der Waals surface area contributed by atoms with Gasteiger partial charge >= 0.3 is 0 Å². The molecule has 0 atom stereocenters. The fourth-order valence-electron chi connectivity index (χ4n) is 2.18. The molecule has 0 fully saturated rings. The number of rotatable bonds is 3. The molecule has 3 aromatic rings. The Labute approximate surface area is 137 Å². The van der Waals surface area contributed by atoms with E-state index in [1.54, 1.807) is 0 Å². The molecule has 3 N–H and O–H groups in total. The van der Waals surface area contributed by atoms with Crippen molar-refractivity contribution in [2.45, 2.75) is 0 Å². The molecule has 0 aromatic heterocycles. The highest BCUT2D eigenvalue weighted by Crippen LogP contribution is 2.25. The van der Waals surface area contributed by atoms with Crippen molar-refractivity contribution < 1.29 is 0 Å². The normalized spacial score (nSPS) is 10.5. The minimum Gasteiger partial charge on any atom is -0.389 e. The van der Waals surface area contributed by atoms with Crippen molar-refractivity contribution in [3.8, 4) is 0 Å². The Morgan fingerprint density at radius 2 is 1.48 bits per heavy atom. The maximum absolute atomic E-state index is 5.60. The van der Waals surface area contributed by atoms with Crippen LogP contribution in [0.3, 0.4) is 0 Å². The Hall–Kier alpha value is -1.91. The molecule has 0 saturated carbocycles. The third-order valence-corrected chi connectivity index (χ3v) is 3.99. The van der Waals surface area contributed by atoms with E-state index in [9.17, 15) is 0 Å². The van der Waals surface area contributed by atoms with E-state index < -0.39 is 0 Å². The van der Waals surface area contributed by atoms with Gasteiger partial charge in [-0.25, -0.2) is 0 Å². The lowest BCUT2D eigenvalue weighted by molar-refractivity contribution is 1.55. The van der Waals surface area contributed by atoms with Crippen molar-refractivity contribution in [3.05, 3.63) is 70.7 Å². The summed E-state index contributed by atoms with van der Waals surface area (Å²) in [7, 11) is 0. The minimum absolute atomic E-state index is 0.415. The van der Waals surface area contributed by atoms with Crippen LogP contribution in [0.15, 0.2) is 65.1 Å². The SMILES string of the molecule is NC(=S)c1ccc(Nc2ccc3cc(Br)ccc3c2)cc1. The van der Waals surface area contributed by atoms with E-state index in [4.69, 9.17) is 18.0 Å². The van der Waals surface area contributed by atoms with Crippen molar-refractivity contribution in [2.24, 2.45) is 5.73 Å². The highest BCUT2D eigenvalue weighted by Gasteiger charge is 2.00. The van der Waals surface area contributed by atoms with Gasteiger partial charge in [-0.05, 0) is 59.3 Å². The van der Waals surface area contributed by atoms with Crippen molar-refractivity contribution in [1.29, 1.82) is 0 Å². The molecular weight excluding hydrogens is 344 g/mol. The van der Waals surface area contributed by atoms with Crippen molar-refractivity contribution in [2.75, 3.05) is 5.32 Å². The zero-order chi connectivity index (χ0) is 14.8. The lowest BCUT2D eigenvalue weighted by Crippen LogP contribution is -2.08. The standard InChI is InChI=1S/C17H13BrN2S/c18-14-5-1-13-10-16(8-4-12(13)9-14)20-15-6-2-11(3-7-15)17(19)21/h1-10,20H,(H2,19,21). The van der Waals surface area contributed by atoms with Crippen LogP contribution in [0.1, 0.15) is 5.56 Å². The number of halogens is 1. The summed E-state index contributed by atoms with van der Waals surface area (Å²) < 4.78 is 1.09. The van der Waals surface area contributed by atoms with E-state index in [2.05, 4.69) is 51.6 Å². The summed E-state index contributed by atoms with van der Waals surface area (Å²) in [6.07, 6.45) is 0. The Kier molecular flexibility index (Phi) is 3.90. The van der Waals surface area contributed by atoms with E-state index in [0.717, 1.165) is 21.4 Å². The topological polar surface area (TPSA) is 38.0 Å². The van der Waals surface area contributed by atoms with E-state index in [1.807, 2.05) is 30.3 Å². The zero-order valence-corrected chi connectivity index (χ0v) is 13.5. The molecule has 2 nitrogen and oxygen atoms in total. The summed E-state index contributed by atoms with van der Waals surface area (Å²) in [4.78, 5) is 0.415. The van der Waals surface area contributed by atoms with E-state index in [-0.39, 0.29) is 0 Å². The van der Waals surface area contributed by atoms with Crippen LogP contribution in [0.5, 0.6) is 0 Å². The molecule has 0 saturated heterocycles. The first-order valence-corrected chi connectivity index (χ1v) is 7.68. The van der Waals surface area contributed by atoms with Gasteiger partial charge in [-0.1, -0.05) is 40.3 Å². The van der Waals surface area contributed by atoms with Gasteiger partial charge in [0, 0.05) is 21.4 Å². The second kappa shape index (κ2) is 5.84. The monoisotopic (exact) mass is 356 g/mol. The Morgan fingerprint density at radius 1 is 0.857 bits per heavy atom. The molecule has 0 aliphatic heterocycles. The average molecular weight is 357 g/mol. The average Bonchev–Trinajstić information content (AvgIpc) is 2.48. The summed E-state index contributed by atoms with van der Waals surface area (Å²) in [6.45, 7) is 0. The highest BCUT2D eigenvalue weighted by molar-refractivity contribution is 9.10. The van der Waals surface area contributed by atoms with Crippen LogP contribution >= 0.6 is 28.1 Å². The molecule has 0 radical (unpaired) electrons. The molecule has 0 unspecified atom stereocenters. The molecule has 0 amide bonds. The van der Waals surface area contributed by atoms with Gasteiger partial charge in [-0.15, -0.1) is 0 Å². The fourth-order valence-corrected chi connectivity index (χ4v) is 2.69. The zero-order valence-electron chi connectivity index (χ0n) is 11.1. The predicted molar refractivity (Wildman–Crippen MR) is 97.3 cm³/mol. The quantitative estimate of drug-likeness (QED) is 0.650. The number of anilines is 2. The first-order valence-electron chi connectivity index (χ1n) is 6.48. The largest absolute Gasteiger partial charge is 0.389 e. The highest BCUT2D eigenvalue weighted by atomic mass is 79.9. The number of thiocarbonyl (C=S) groups is 1. The molecule has 0 aliphatic carbocycles. The van der Waals surface area contributed by atoms with Crippen LogP contribution in [-0.4, -0.2) is 4.99 Å². The number of hydrogen-bond acceptors (Lipinski definition) is 2. The van der Waals surface area contributed by atoms with Gasteiger partial charge in [0.05, 0.1) is 0 Å². The number of benzene rings is 3. The summed E-state index contributed by atoms with van der Waals surface area (Å²) in [5.41, 5.74) is 8.53. The number of fused-ring (bicyclic) bond motifs is 1. The van der Waals surface area contributed by atoms with Crippen LogP contribution < -0.4 is 11.1 Å². The first kappa shape index (κ1) is 14.0. The van der Waals surface area contributed by atoms with Crippen LogP contribution in [-0.2, 0) is 0 Å². The van der Waals surface area contributed by atoms with Gasteiger partial charge in [0.25, 0.3) is 0 Å². The molecule has 21 heavy (non-hydrogen) atoms. The summed E-state index contributed by atoms with van der Waals surface area (Å²) >= 11 is 8.44. The number of nitrogens with one attached hydrogen (secondary N) is 1. The minimum atomic E-state index is 0.415. The Balaban J connectivity index is 1.87. The number of nitrogens with two attached hydrogens (primary N) is 1. The Bertz CT molecular complexity index is 813. The lowest BCUT2D eigenvalue weighted by Gasteiger charge is -2.09. The summed E-state index contributed by atoms with van der Waals surface area (Å²) in [5, 5.41) is 5.79. The maximum atomic E-state index is 5.60. The summed E-state index contributed by atoms with van der Waals surface area (Å²) in [6, 6.07) is 20.3. The summed E-state index contributed by atoms with van der Waals surface area (Å²) in [5.74, 6) is 0. The van der Waals surface area contributed by atoms with E-state index in [0.29, 0.717) is 4.99 Å². The van der Waals surface area contributed by atoms with Gasteiger partial charge in [0.15, 0.2) is 0 Å². The fraction of sp³-hybridized carbons (Fsp3) is 0. The molecule has 104 valence electrons. The number of hydrogen-bond donors (Lipinski definition) is 2. The van der Waals surface area contributed by atoms with Crippen LogP contribution in [0.4, 0.5) is 11.4 Å². The van der Waals surface area contributed by atoms with Crippen molar-refractivity contribution in [1.82, 2.24) is 0 Å². The molecular formula is C17H13BrN2S.